The molecule has 0 amide bonds. The third-order valence-corrected chi connectivity index (χ3v) is 18.1. The molecule has 0 unspecified atom stereocenters. The highest BCUT2D eigenvalue weighted by Crippen LogP contribution is 2.90. The highest BCUT2D eigenvalue weighted by Gasteiger charge is 2.87. The molecule has 5 saturated carbocycles. The fraction of sp³-hybridized carbons (Fsp3) is 1.00. The Labute approximate surface area is 323 Å². The summed E-state index contributed by atoms with van der Waals surface area (Å²) in [6.45, 7) is 14.6. The van der Waals surface area contributed by atoms with Crippen molar-refractivity contribution in [3.63, 3.8) is 0 Å². The molecule has 314 valence electrons. The van der Waals surface area contributed by atoms with Crippen LogP contribution in [0.3, 0.4) is 0 Å². The number of aliphatic hydroxyl groups excluding tert-OH is 7. The lowest BCUT2D eigenvalue weighted by Crippen LogP contribution is -2.63. The van der Waals surface area contributed by atoms with Crippen molar-refractivity contribution in [1.29, 1.82) is 0 Å². The van der Waals surface area contributed by atoms with Crippen LogP contribution >= 0.6 is 0 Å². The van der Waals surface area contributed by atoms with Crippen LogP contribution in [0.4, 0.5) is 0 Å². The molecule has 2 spiro atoms. The Hall–Kier alpha value is -0.560. The van der Waals surface area contributed by atoms with Crippen LogP contribution in [0.5, 0.6) is 0 Å². The lowest BCUT2D eigenvalue weighted by Gasteiger charge is -2.63. The van der Waals surface area contributed by atoms with Crippen LogP contribution < -0.4 is 0 Å². The molecule has 0 radical (unpaired) electrons. The Kier molecular flexibility index (Phi) is 9.06. The van der Waals surface area contributed by atoms with Gasteiger partial charge in [0.1, 0.15) is 54.9 Å². The smallest absolute Gasteiger partial charge is 0.196 e. The molecule has 0 bridgehead atoms. The maximum atomic E-state index is 12.6. The average Bonchev–Trinajstić information content (AvgIpc) is 3.98. The maximum absolute atomic E-state index is 12.6. The second kappa shape index (κ2) is 12.5. The molecule has 0 aromatic heterocycles. The highest BCUT2D eigenvalue weighted by atomic mass is 16.7. The molecule has 8 N–H and O–H groups in total. The summed E-state index contributed by atoms with van der Waals surface area (Å²) in [5.74, 6) is -1.12. The van der Waals surface area contributed by atoms with E-state index in [2.05, 4.69) is 48.5 Å². The lowest BCUT2D eigenvalue weighted by molar-refractivity contribution is -0.356. The number of aliphatic hydroxyl groups is 8. The summed E-state index contributed by atoms with van der Waals surface area (Å²) in [6, 6.07) is 0. The standard InChI is InChI=1S/C41H66O14/c1-18-14-20(31-36(4,5)55-31)54-41(49)30(18)37(6)12-13-40-17-39(40)11-10-24(35(2,3)22(39)8-9-23(40)38(37,7)34(41)48)52-32-28(47)29(19(43)16-50-32)53-33-27(46)26(45)25(44)21(15-42)51-33/h18-34,42-49H,8-17H2,1-7H3/t18-,19-,20-,21-,22+,23+,24+,25-,26+,27-,28-,29+,30-,31+,32+,33+,34-,37-,38-,39-,40+,41-/m1/s1. The van der Waals surface area contributed by atoms with Gasteiger partial charge in [-0.2, -0.15) is 0 Å². The minimum atomic E-state index is -1.69. The fourth-order valence-corrected chi connectivity index (χ4v) is 15.3. The van der Waals surface area contributed by atoms with Gasteiger partial charge >= 0.3 is 0 Å². The summed E-state index contributed by atoms with van der Waals surface area (Å²) < 4.78 is 36.5. The zero-order valence-corrected chi connectivity index (χ0v) is 33.4. The van der Waals surface area contributed by atoms with Crippen molar-refractivity contribution in [3.05, 3.63) is 0 Å². The molecular formula is C41H66O14. The predicted molar refractivity (Wildman–Crippen MR) is 191 cm³/mol. The first-order valence-corrected chi connectivity index (χ1v) is 21.0. The quantitative estimate of drug-likeness (QED) is 0.139. The van der Waals surface area contributed by atoms with Gasteiger partial charge in [-0.25, -0.2) is 0 Å². The van der Waals surface area contributed by atoms with Crippen LogP contribution in [-0.2, 0) is 28.4 Å². The summed E-state index contributed by atoms with van der Waals surface area (Å²) in [5, 5.41) is 88.0. The van der Waals surface area contributed by atoms with Crippen molar-refractivity contribution < 1.29 is 69.3 Å². The molecule has 4 aliphatic heterocycles. The van der Waals surface area contributed by atoms with Crippen molar-refractivity contribution in [2.24, 2.45) is 50.7 Å². The van der Waals surface area contributed by atoms with E-state index in [0.717, 1.165) is 51.4 Å². The number of ether oxygens (including phenoxy) is 6. The van der Waals surface area contributed by atoms with E-state index in [1.807, 2.05) is 0 Å². The van der Waals surface area contributed by atoms with Crippen LogP contribution in [0, 0.1) is 50.7 Å². The molecule has 0 aromatic carbocycles. The average molecular weight is 783 g/mol. The molecule has 14 heteroatoms. The van der Waals surface area contributed by atoms with Gasteiger partial charge < -0.3 is 69.3 Å². The van der Waals surface area contributed by atoms with E-state index in [1.54, 1.807) is 0 Å². The minimum Gasteiger partial charge on any atom is -0.394 e. The van der Waals surface area contributed by atoms with Gasteiger partial charge in [0.05, 0.1) is 31.0 Å². The van der Waals surface area contributed by atoms with E-state index in [1.165, 1.54) is 0 Å². The Morgan fingerprint density at radius 1 is 0.745 bits per heavy atom. The topological polar surface area (TPSA) is 221 Å². The SMILES string of the molecule is C[C@@H]1C[C@H]([C@@H]2OC2(C)C)O[C@@]2(O)[C@H](O)[C@@]3(C)[C@@H]4CC[C@H]5C(C)(C)[C@@H](O[C@@H]6OC[C@@H](O)[C@H](O[C@@H]7O[C@H](CO)[C@@H](O)[C@H](O)[C@H]7O)[C@H]6O)CC[C@@]56C[C@@]46CC[C@]3(C)[C@@H]12. The number of hydrogen-bond donors (Lipinski definition) is 8. The number of hydrogen-bond acceptors (Lipinski definition) is 14. The van der Waals surface area contributed by atoms with Gasteiger partial charge in [-0.1, -0.05) is 34.6 Å². The fourth-order valence-electron chi connectivity index (χ4n) is 15.3. The van der Waals surface area contributed by atoms with Gasteiger partial charge in [-0.3, -0.25) is 0 Å². The molecule has 9 fully saturated rings. The zero-order chi connectivity index (χ0) is 39.6. The van der Waals surface area contributed by atoms with Gasteiger partial charge in [0.2, 0.25) is 0 Å². The van der Waals surface area contributed by atoms with Crippen molar-refractivity contribution in [2.75, 3.05) is 13.2 Å². The maximum Gasteiger partial charge on any atom is 0.196 e. The van der Waals surface area contributed by atoms with Crippen molar-refractivity contribution >= 4 is 0 Å². The third kappa shape index (κ3) is 5.10. The number of rotatable bonds is 6. The molecule has 4 saturated heterocycles. The summed E-state index contributed by atoms with van der Waals surface area (Å²) in [4.78, 5) is 0. The summed E-state index contributed by atoms with van der Waals surface area (Å²) >= 11 is 0. The lowest BCUT2D eigenvalue weighted by atomic mass is 9.41. The van der Waals surface area contributed by atoms with E-state index < -0.39 is 79.2 Å². The Balaban J connectivity index is 0.920. The molecule has 5 aliphatic carbocycles. The summed E-state index contributed by atoms with van der Waals surface area (Å²) in [6.07, 6.45) is -7.16. The van der Waals surface area contributed by atoms with Crippen molar-refractivity contribution in [2.45, 2.75) is 191 Å². The van der Waals surface area contributed by atoms with E-state index in [9.17, 15) is 40.9 Å². The van der Waals surface area contributed by atoms with Crippen LogP contribution in [0.2, 0.25) is 0 Å². The Morgan fingerprint density at radius 3 is 2.09 bits per heavy atom. The monoisotopic (exact) mass is 782 g/mol. The molecule has 22 atom stereocenters. The van der Waals surface area contributed by atoms with Gasteiger partial charge in [-0.15, -0.1) is 0 Å². The van der Waals surface area contributed by atoms with Gasteiger partial charge in [0.25, 0.3) is 0 Å². The van der Waals surface area contributed by atoms with Gasteiger partial charge in [-0.05, 0) is 105 Å². The minimum absolute atomic E-state index is 0.0385. The first-order valence-electron chi connectivity index (χ1n) is 21.0. The van der Waals surface area contributed by atoms with Crippen LogP contribution in [0.25, 0.3) is 0 Å². The third-order valence-electron chi connectivity index (χ3n) is 18.1. The van der Waals surface area contributed by atoms with Gasteiger partial charge in [0.15, 0.2) is 18.4 Å². The normalized spacial score (nSPS) is 61.5. The number of fused-ring (bicyclic) bond motifs is 4. The molecule has 0 aromatic rings. The Bertz CT molecular complexity index is 1510. The molecule has 9 rings (SSSR count). The van der Waals surface area contributed by atoms with Crippen molar-refractivity contribution in [3.8, 4) is 0 Å². The second-order valence-corrected chi connectivity index (χ2v) is 21.1. The Morgan fingerprint density at radius 2 is 1.42 bits per heavy atom. The highest BCUT2D eigenvalue weighted by molar-refractivity contribution is 5.33. The van der Waals surface area contributed by atoms with Crippen LogP contribution in [-0.4, -0.2) is 145 Å². The summed E-state index contributed by atoms with van der Waals surface area (Å²) in [7, 11) is 0. The first kappa shape index (κ1) is 39.9. The number of epoxide rings is 1. The molecule has 4 heterocycles. The largest absolute Gasteiger partial charge is 0.394 e. The van der Waals surface area contributed by atoms with Crippen LogP contribution in [0.15, 0.2) is 0 Å². The molecule has 9 aliphatic rings. The van der Waals surface area contributed by atoms with E-state index >= 15 is 0 Å². The van der Waals surface area contributed by atoms with E-state index in [4.69, 9.17) is 28.4 Å². The van der Waals surface area contributed by atoms with Crippen LogP contribution in [0.1, 0.15) is 99.8 Å². The van der Waals surface area contributed by atoms with Gasteiger partial charge in [0, 0.05) is 11.3 Å². The predicted octanol–water partition coefficient (Wildman–Crippen LogP) is 0.946. The second-order valence-electron chi connectivity index (χ2n) is 21.1. The van der Waals surface area contributed by atoms with E-state index in [0.29, 0.717) is 5.92 Å². The summed E-state index contributed by atoms with van der Waals surface area (Å²) in [5.41, 5.74) is -1.35. The molecule has 14 nitrogen and oxygen atoms in total. The molecular weight excluding hydrogens is 716 g/mol. The molecule has 55 heavy (non-hydrogen) atoms. The van der Waals surface area contributed by atoms with E-state index in [-0.39, 0.29) is 69.9 Å². The zero-order valence-electron chi connectivity index (χ0n) is 33.4. The first-order chi connectivity index (χ1) is 25.6. The van der Waals surface area contributed by atoms with Crippen molar-refractivity contribution in [1.82, 2.24) is 0 Å².